The average molecular weight is 267 g/mol. The highest BCUT2D eigenvalue weighted by atomic mass is 32.1. The van der Waals surface area contributed by atoms with Crippen molar-refractivity contribution in [2.45, 2.75) is 40.0 Å². The fraction of sp³-hybridized carbons (Fsp3) is 0.714. The lowest BCUT2D eigenvalue weighted by Crippen LogP contribution is -2.35. The van der Waals surface area contributed by atoms with Crippen LogP contribution in [-0.2, 0) is 0 Å². The van der Waals surface area contributed by atoms with E-state index in [-0.39, 0.29) is 0 Å². The average Bonchev–Trinajstić information content (AvgIpc) is 2.33. The maximum atomic E-state index is 5.14. The molecule has 2 N–H and O–H groups in total. The second kappa shape index (κ2) is 7.52. The first-order chi connectivity index (χ1) is 8.54. The molecule has 0 aromatic carbocycles. The first-order valence-electron chi connectivity index (χ1n) is 6.75. The fourth-order valence-corrected chi connectivity index (χ4v) is 2.54. The molecule has 3 nitrogen and oxygen atoms in total. The predicted molar refractivity (Wildman–Crippen MR) is 82.7 cm³/mol. The van der Waals surface area contributed by atoms with Gasteiger partial charge in [0.05, 0.1) is 0 Å². The number of nitrogens with zero attached hydrogens (tertiary/aromatic N) is 1. The van der Waals surface area contributed by atoms with Gasteiger partial charge in [-0.2, -0.15) is 5.10 Å². The third-order valence-electron chi connectivity index (χ3n) is 3.47. The molecule has 102 valence electrons. The molecule has 0 aliphatic heterocycles. The van der Waals surface area contributed by atoms with Gasteiger partial charge < -0.3 is 5.32 Å². The molecule has 0 spiro atoms. The van der Waals surface area contributed by atoms with E-state index in [1.54, 1.807) is 6.08 Å². The molecule has 0 heterocycles. The monoisotopic (exact) mass is 267 g/mol. The first kappa shape index (κ1) is 15.2. The highest BCUT2D eigenvalue weighted by Crippen LogP contribution is 2.31. The van der Waals surface area contributed by atoms with Crippen LogP contribution in [0.2, 0.25) is 0 Å². The Morgan fingerprint density at radius 1 is 1.56 bits per heavy atom. The van der Waals surface area contributed by atoms with Crippen LogP contribution < -0.4 is 10.7 Å². The Hall–Kier alpha value is -0.900. The van der Waals surface area contributed by atoms with E-state index in [0.717, 1.165) is 12.3 Å². The minimum atomic E-state index is 0.572. The third kappa shape index (κ3) is 4.77. The second-order valence-corrected chi connectivity index (χ2v) is 5.86. The summed E-state index contributed by atoms with van der Waals surface area (Å²) in [4.78, 5) is 0. The number of rotatable bonds is 4. The molecule has 0 unspecified atom stereocenters. The van der Waals surface area contributed by atoms with Gasteiger partial charge >= 0.3 is 0 Å². The molecule has 2 atom stereocenters. The summed E-state index contributed by atoms with van der Waals surface area (Å²) in [6, 6.07) is 0. The molecule has 18 heavy (non-hydrogen) atoms. The van der Waals surface area contributed by atoms with Crippen LogP contribution in [-0.4, -0.2) is 17.4 Å². The third-order valence-corrected chi connectivity index (χ3v) is 3.70. The van der Waals surface area contributed by atoms with Crippen molar-refractivity contribution in [3.8, 4) is 0 Å². The van der Waals surface area contributed by atoms with Crippen molar-refractivity contribution in [2.24, 2.45) is 22.9 Å². The Labute approximate surface area is 116 Å². The summed E-state index contributed by atoms with van der Waals surface area (Å²) in [6.45, 7) is 11.1. The zero-order valence-electron chi connectivity index (χ0n) is 11.7. The molecule has 0 aromatic rings. The second-order valence-electron chi connectivity index (χ2n) is 5.45. The highest BCUT2D eigenvalue weighted by Gasteiger charge is 2.27. The van der Waals surface area contributed by atoms with Crippen LogP contribution in [0.15, 0.2) is 17.8 Å². The molecule has 0 saturated heterocycles. The number of hydrogen-bond acceptors (Lipinski definition) is 2. The minimum absolute atomic E-state index is 0.572. The number of nitrogens with one attached hydrogen (secondary N) is 2. The van der Waals surface area contributed by atoms with Crippen molar-refractivity contribution < 1.29 is 0 Å². The van der Waals surface area contributed by atoms with Crippen LogP contribution in [0.25, 0.3) is 0 Å². The topological polar surface area (TPSA) is 36.4 Å². The van der Waals surface area contributed by atoms with Crippen molar-refractivity contribution in [2.75, 3.05) is 6.54 Å². The molecule has 1 aliphatic rings. The Kier molecular flexibility index (Phi) is 6.33. The summed E-state index contributed by atoms with van der Waals surface area (Å²) in [5, 5.41) is 8.11. The minimum Gasteiger partial charge on any atom is -0.358 e. The van der Waals surface area contributed by atoms with E-state index in [1.165, 1.54) is 18.6 Å². The highest BCUT2D eigenvalue weighted by molar-refractivity contribution is 7.80. The SMILES string of the molecule is C=CCNC(=S)N/N=C1/C[C@@H](C)CC[C@@H]1C(C)C. The van der Waals surface area contributed by atoms with Gasteiger partial charge in [-0.05, 0) is 43.3 Å². The zero-order chi connectivity index (χ0) is 13.5. The molecule has 4 heteroatoms. The Morgan fingerprint density at radius 3 is 2.89 bits per heavy atom. The standard InChI is InChI=1S/C14H25N3S/c1-5-8-15-14(18)17-16-13-9-11(4)6-7-12(13)10(2)3/h5,10-12H,1,6-9H2,2-4H3,(H2,15,17,18)/b16-13-/t11-,12+/m0/s1. The lowest BCUT2D eigenvalue weighted by molar-refractivity contribution is 0.363. The smallest absolute Gasteiger partial charge is 0.187 e. The van der Waals surface area contributed by atoms with Crippen LogP contribution in [0.5, 0.6) is 0 Å². The summed E-state index contributed by atoms with van der Waals surface area (Å²) in [5.41, 5.74) is 4.22. The molecule has 1 saturated carbocycles. The van der Waals surface area contributed by atoms with Gasteiger partial charge in [0, 0.05) is 18.2 Å². The van der Waals surface area contributed by atoms with E-state index < -0.39 is 0 Å². The van der Waals surface area contributed by atoms with Crippen molar-refractivity contribution in [3.63, 3.8) is 0 Å². The molecule has 0 radical (unpaired) electrons. The first-order valence-corrected chi connectivity index (χ1v) is 7.16. The van der Waals surface area contributed by atoms with Crippen LogP contribution in [0.1, 0.15) is 40.0 Å². The van der Waals surface area contributed by atoms with Gasteiger partial charge in [0.1, 0.15) is 0 Å². The molecule has 1 aliphatic carbocycles. The van der Waals surface area contributed by atoms with E-state index in [2.05, 4.69) is 43.2 Å². The van der Waals surface area contributed by atoms with Crippen molar-refractivity contribution in [1.29, 1.82) is 0 Å². The van der Waals surface area contributed by atoms with Gasteiger partial charge in [-0.15, -0.1) is 6.58 Å². The largest absolute Gasteiger partial charge is 0.358 e. The maximum absolute atomic E-state index is 5.14. The normalized spacial score (nSPS) is 26.1. The lowest BCUT2D eigenvalue weighted by Gasteiger charge is -2.30. The van der Waals surface area contributed by atoms with Gasteiger partial charge in [-0.3, -0.25) is 5.43 Å². The Morgan fingerprint density at radius 2 is 2.28 bits per heavy atom. The van der Waals surface area contributed by atoms with Crippen LogP contribution in [0.3, 0.4) is 0 Å². The van der Waals surface area contributed by atoms with E-state index in [4.69, 9.17) is 12.2 Å². The number of hydrazone groups is 1. The van der Waals surface area contributed by atoms with Crippen LogP contribution in [0, 0.1) is 17.8 Å². The van der Waals surface area contributed by atoms with Gasteiger partial charge in [0.15, 0.2) is 5.11 Å². The van der Waals surface area contributed by atoms with Crippen molar-refractivity contribution >= 4 is 23.0 Å². The summed E-state index contributed by atoms with van der Waals surface area (Å²) >= 11 is 5.14. The molecule has 1 rings (SSSR count). The maximum Gasteiger partial charge on any atom is 0.187 e. The lowest BCUT2D eigenvalue weighted by atomic mass is 9.76. The van der Waals surface area contributed by atoms with E-state index in [1.807, 2.05) is 0 Å². The summed E-state index contributed by atoms with van der Waals surface area (Å²) in [6.07, 6.45) is 5.41. The Balaban J connectivity index is 2.58. The quantitative estimate of drug-likeness (QED) is 0.467. The molecule has 0 aromatic heterocycles. The van der Waals surface area contributed by atoms with Gasteiger partial charge in [0.2, 0.25) is 0 Å². The van der Waals surface area contributed by atoms with Crippen LogP contribution >= 0.6 is 12.2 Å². The van der Waals surface area contributed by atoms with Gasteiger partial charge in [0.25, 0.3) is 0 Å². The van der Waals surface area contributed by atoms with E-state index in [9.17, 15) is 0 Å². The molecular formula is C14H25N3S. The van der Waals surface area contributed by atoms with Crippen molar-refractivity contribution in [1.82, 2.24) is 10.7 Å². The molecule has 1 fully saturated rings. The fourth-order valence-electron chi connectivity index (χ4n) is 2.41. The van der Waals surface area contributed by atoms with Crippen molar-refractivity contribution in [3.05, 3.63) is 12.7 Å². The predicted octanol–water partition coefficient (Wildman–Crippen LogP) is 3.08. The Bertz CT molecular complexity index is 323. The molecule has 0 bridgehead atoms. The summed E-state index contributed by atoms with van der Waals surface area (Å²) in [7, 11) is 0. The van der Waals surface area contributed by atoms with Gasteiger partial charge in [-0.25, -0.2) is 0 Å². The van der Waals surface area contributed by atoms with Gasteiger partial charge in [-0.1, -0.05) is 26.8 Å². The summed E-state index contributed by atoms with van der Waals surface area (Å²) < 4.78 is 0. The summed E-state index contributed by atoms with van der Waals surface area (Å²) in [5.74, 6) is 1.97. The molecule has 0 amide bonds. The number of thiocarbonyl (C=S) groups is 1. The van der Waals surface area contributed by atoms with E-state index >= 15 is 0 Å². The number of hydrogen-bond donors (Lipinski definition) is 2. The van der Waals surface area contributed by atoms with E-state index in [0.29, 0.717) is 23.5 Å². The zero-order valence-corrected chi connectivity index (χ0v) is 12.5. The molecular weight excluding hydrogens is 242 g/mol. The van der Waals surface area contributed by atoms with Crippen LogP contribution in [0.4, 0.5) is 0 Å².